The second kappa shape index (κ2) is 7.43. The Balaban J connectivity index is 2.25. The number of hydrogen-bond acceptors (Lipinski definition) is 3. The molecule has 0 spiro atoms. The van der Waals surface area contributed by atoms with E-state index in [1.165, 1.54) is 32.1 Å². The van der Waals surface area contributed by atoms with Crippen LogP contribution in [0.25, 0.3) is 0 Å². The second-order valence-electron chi connectivity index (χ2n) is 5.68. The summed E-state index contributed by atoms with van der Waals surface area (Å²) in [5.41, 5.74) is 0.985. The number of aromatic nitrogens is 2. The van der Waals surface area contributed by atoms with Gasteiger partial charge in [0, 0.05) is 13.1 Å². The van der Waals surface area contributed by atoms with E-state index in [1.807, 2.05) is 11.5 Å². The van der Waals surface area contributed by atoms with Crippen molar-refractivity contribution in [2.45, 2.75) is 58.9 Å². The maximum Gasteiger partial charge on any atom is 0.294 e. The molecule has 1 aliphatic rings. The summed E-state index contributed by atoms with van der Waals surface area (Å²) in [5.74, 6) is 1.16. The van der Waals surface area contributed by atoms with Gasteiger partial charge in [-0.3, -0.25) is 9.36 Å². The van der Waals surface area contributed by atoms with Gasteiger partial charge in [-0.2, -0.15) is 0 Å². The van der Waals surface area contributed by atoms with Crippen molar-refractivity contribution < 1.29 is 0 Å². The molecule has 5 heteroatoms. The minimum atomic E-state index is 0.0408. The van der Waals surface area contributed by atoms with Gasteiger partial charge < -0.3 is 5.32 Å². The van der Waals surface area contributed by atoms with Gasteiger partial charge in [0.25, 0.3) is 5.56 Å². The molecule has 1 fully saturated rings. The quantitative estimate of drug-likeness (QED) is 0.784. The zero-order valence-electron chi connectivity index (χ0n) is 12.4. The monoisotopic (exact) mass is 389 g/mol. The zero-order valence-corrected chi connectivity index (χ0v) is 14.6. The predicted octanol–water partition coefficient (Wildman–Crippen LogP) is 3.56. The molecular weight excluding hydrogens is 365 g/mol. The van der Waals surface area contributed by atoms with Crippen LogP contribution in [0.15, 0.2) is 4.79 Å². The highest BCUT2D eigenvalue weighted by atomic mass is 127. The van der Waals surface area contributed by atoms with Crippen LogP contribution in [0.2, 0.25) is 0 Å². The molecule has 4 nitrogen and oxygen atoms in total. The van der Waals surface area contributed by atoms with E-state index in [9.17, 15) is 4.79 Å². The Labute approximate surface area is 134 Å². The van der Waals surface area contributed by atoms with Crippen LogP contribution in [-0.4, -0.2) is 16.1 Å². The van der Waals surface area contributed by atoms with Crippen molar-refractivity contribution >= 4 is 28.4 Å². The van der Waals surface area contributed by atoms with E-state index in [-0.39, 0.29) is 5.56 Å². The fourth-order valence-corrected chi connectivity index (χ4v) is 3.36. The number of nitrogens with zero attached hydrogens (tertiary/aromatic N) is 2. The number of anilines is 1. The van der Waals surface area contributed by atoms with Gasteiger partial charge in [-0.25, -0.2) is 4.98 Å². The van der Waals surface area contributed by atoms with Crippen molar-refractivity contribution in [1.29, 1.82) is 0 Å². The topological polar surface area (TPSA) is 46.9 Å². The van der Waals surface area contributed by atoms with Crippen molar-refractivity contribution in [3.63, 3.8) is 0 Å². The molecule has 0 aliphatic heterocycles. The van der Waals surface area contributed by atoms with Crippen molar-refractivity contribution in [1.82, 2.24) is 9.55 Å². The number of nitrogens with one attached hydrogen (secondary N) is 1. The minimum Gasteiger partial charge on any atom is -0.365 e. The van der Waals surface area contributed by atoms with Gasteiger partial charge in [0.2, 0.25) is 0 Å². The van der Waals surface area contributed by atoms with E-state index in [0.29, 0.717) is 11.7 Å². The third-order valence-corrected chi connectivity index (χ3v) is 5.33. The van der Waals surface area contributed by atoms with Gasteiger partial charge in [-0.05, 0) is 54.7 Å². The molecule has 2 rings (SSSR count). The summed E-state index contributed by atoms with van der Waals surface area (Å²) in [4.78, 5) is 17.0. The molecule has 1 aliphatic carbocycles. The molecule has 1 heterocycles. The van der Waals surface area contributed by atoms with Crippen molar-refractivity contribution in [3.05, 3.63) is 19.7 Å². The Morgan fingerprint density at radius 2 is 2.05 bits per heavy atom. The van der Waals surface area contributed by atoms with Gasteiger partial charge in [0.05, 0.1) is 5.69 Å². The van der Waals surface area contributed by atoms with E-state index < -0.39 is 0 Å². The smallest absolute Gasteiger partial charge is 0.294 e. The van der Waals surface area contributed by atoms with Crippen molar-refractivity contribution in [2.24, 2.45) is 5.92 Å². The molecule has 0 atom stereocenters. The molecular formula is C15H24IN3O. The number of aryl methyl sites for hydroxylation is 1. The highest BCUT2D eigenvalue weighted by Crippen LogP contribution is 2.25. The Morgan fingerprint density at radius 1 is 1.35 bits per heavy atom. The van der Waals surface area contributed by atoms with E-state index >= 15 is 0 Å². The fourth-order valence-electron chi connectivity index (χ4n) is 2.82. The lowest BCUT2D eigenvalue weighted by atomic mass is 9.89. The SMILES string of the molecule is CCCNc1nc(C)c(I)n(CC2CCCCC2)c1=O. The molecule has 0 aromatic carbocycles. The molecule has 1 saturated carbocycles. The van der Waals surface area contributed by atoms with Crippen LogP contribution < -0.4 is 10.9 Å². The maximum absolute atomic E-state index is 12.6. The maximum atomic E-state index is 12.6. The van der Waals surface area contributed by atoms with Crippen LogP contribution in [0.3, 0.4) is 0 Å². The third-order valence-electron chi connectivity index (χ3n) is 3.97. The standard InChI is InChI=1S/C15H24IN3O/c1-3-9-17-14-15(20)19(13(16)11(2)18-14)10-12-7-5-4-6-8-12/h12H,3-10H2,1-2H3,(H,17,18). The lowest BCUT2D eigenvalue weighted by Gasteiger charge is -2.23. The molecule has 112 valence electrons. The zero-order chi connectivity index (χ0) is 14.5. The number of halogens is 1. The molecule has 0 saturated heterocycles. The molecule has 0 bridgehead atoms. The van der Waals surface area contributed by atoms with Crippen LogP contribution in [0.5, 0.6) is 0 Å². The van der Waals surface area contributed by atoms with E-state index in [4.69, 9.17) is 0 Å². The Hall–Kier alpha value is -0.590. The largest absolute Gasteiger partial charge is 0.365 e. The predicted molar refractivity (Wildman–Crippen MR) is 91.3 cm³/mol. The summed E-state index contributed by atoms with van der Waals surface area (Å²) in [6.45, 7) is 5.72. The fraction of sp³-hybridized carbons (Fsp3) is 0.733. The summed E-state index contributed by atoms with van der Waals surface area (Å²) in [5, 5.41) is 3.16. The van der Waals surface area contributed by atoms with E-state index in [1.54, 1.807) is 0 Å². The number of rotatable bonds is 5. The summed E-state index contributed by atoms with van der Waals surface area (Å²) in [6.07, 6.45) is 7.46. The first-order valence-corrected chi connectivity index (χ1v) is 8.72. The molecule has 0 amide bonds. The van der Waals surface area contributed by atoms with Crippen LogP contribution in [0, 0.1) is 16.5 Å². The van der Waals surface area contributed by atoms with Crippen molar-refractivity contribution in [2.75, 3.05) is 11.9 Å². The van der Waals surface area contributed by atoms with Crippen LogP contribution in [0.1, 0.15) is 51.1 Å². The normalized spacial score (nSPS) is 16.4. The Kier molecular flexibility index (Phi) is 5.86. The molecule has 1 N–H and O–H groups in total. The average Bonchev–Trinajstić information content (AvgIpc) is 2.47. The van der Waals surface area contributed by atoms with Gasteiger partial charge >= 0.3 is 0 Å². The molecule has 1 aromatic rings. The summed E-state index contributed by atoms with van der Waals surface area (Å²) >= 11 is 2.25. The first kappa shape index (κ1) is 15.8. The van der Waals surface area contributed by atoms with Gasteiger partial charge in [-0.15, -0.1) is 0 Å². The van der Waals surface area contributed by atoms with Crippen LogP contribution in [0.4, 0.5) is 5.82 Å². The highest BCUT2D eigenvalue weighted by molar-refractivity contribution is 14.1. The summed E-state index contributed by atoms with van der Waals surface area (Å²) in [7, 11) is 0. The second-order valence-corrected chi connectivity index (χ2v) is 6.71. The number of hydrogen-bond donors (Lipinski definition) is 1. The van der Waals surface area contributed by atoms with Gasteiger partial charge in [-0.1, -0.05) is 26.2 Å². The van der Waals surface area contributed by atoms with Gasteiger partial charge in [0.1, 0.15) is 3.70 Å². The van der Waals surface area contributed by atoms with Crippen LogP contribution in [-0.2, 0) is 6.54 Å². The van der Waals surface area contributed by atoms with Crippen molar-refractivity contribution in [3.8, 4) is 0 Å². The third kappa shape index (κ3) is 3.74. The Bertz CT molecular complexity index is 507. The summed E-state index contributed by atoms with van der Waals surface area (Å²) in [6, 6.07) is 0. The molecule has 20 heavy (non-hydrogen) atoms. The lowest BCUT2D eigenvalue weighted by molar-refractivity contribution is 0.313. The van der Waals surface area contributed by atoms with Gasteiger partial charge in [0.15, 0.2) is 5.82 Å². The Morgan fingerprint density at radius 3 is 2.70 bits per heavy atom. The minimum absolute atomic E-state index is 0.0408. The molecule has 0 radical (unpaired) electrons. The van der Waals surface area contributed by atoms with Crippen LogP contribution >= 0.6 is 22.6 Å². The lowest BCUT2D eigenvalue weighted by Crippen LogP contribution is -2.31. The first-order chi connectivity index (χ1) is 9.63. The average molecular weight is 389 g/mol. The molecule has 1 aromatic heterocycles. The molecule has 0 unspecified atom stereocenters. The highest BCUT2D eigenvalue weighted by Gasteiger charge is 2.18. The van der Waals surface area contributed by atoms with E-state index in [2.05, 4.69) is 39.8 Å². The first-order valence-electron chi connectivity index (χ1n) is 7.64. The van der Waals surface area contributed by atoms with E-state index in [0.717, 1.165) is 28.9 Å². The summed E-state index contributed by atoms with van der Waals surface area (Å²) < 4.78 is 2.91.